The van der Waals surface area contributed by atoms with Gasteiger partial charge in [-0.2, -0.15) is 0 Å². The lowest BCUT2D eigenvalue weighted by molar-refractivity contribution is -0.212. The van der Waals surface area contributed by atoms with Crippen LogP contribution < -0.4 is 9.47 Å². The van der Waals surface area contributed by atoms with Crippen molar-refractivity contribution in [3.63, 3.8) is 0 Å². The van der Waals surface area contributed by atoms with E-state index in [0.29, 0.717) is 24.7 Å². The fourth-order valence-corrected chi connectivity index (χ4v) is 4.64. The van der Waals surface area contributed by atoms with Crippen LogP contribution in [0.25, 0.3) is 0 Å². The van der Waals surface area contributed by atoms with Crippen LogP contribution in [-0.4, -0.2) is 50.0 Å². The van der Waals surface area contributed by atoms with Gasteiger partial charge in [-0.25, -0.2) is 0 Å². The third kappa shape index (κ3) is 3.13. The fourth-order valence-electron chi connectivity index (χ4n) is 4.64. The number of hydrogen-bond donors (Lipinski definition) is 1. The number of fused-ring (bicyclic) bond motifs is 1. The summed E-state index contributed by atoms with van der Waals surface area (Å²) in [6.07, 6.45) is 6.43. The minimum absolute atomic E-state index is 0.393. The van der Waals surface area contributed by atoms with Gasteiger partial charge in [-0.15, -0.1) is 6.58 Å². The maximum absolute atomic E-state index is 11.8. The predicted molar refractivity (Wildman–Crippen MR) is 102 cm³/mol. The Bertz CT molecular complexity index is 654. The van der Waals surface area contributed by atoms with Crippen molar-refractivity contribution in [3.8, 4) is 11.5 Å². The molecule has 0 bridgehead atoms. The summed E-state index contributed by atoms with van der Waals surface area (Å²) >= 11 is 0. The number of nitrogens with zero attached hydrogens (tertiary/aromatic N) is 1. The Morgan fingerprint density at radius 2 is 1.81 bits per heavy atom. The van der Waals surface area contributed by atoms with E-state index in [-0.39, 0.29) is 0 Å². The molecule has 0 aromatic heterocycles. The van der Waals surface area contributed by atoms with Gasteiger partial charge in [0.1, 0.15) is 5.60 Å². The van der Waals surface area contributed by atoms with Gasteiger partial charge in [0.2, 0.25) is 0 Å². The molecule has 0 amide bonds. The van der Waals surface area contributed by atoms with Crippen molar-refractivity contribution in [2.24, 2.45) is 0 Å². The third-order valence-electron chi connectivity index (χ3n) is 5.86. The maximum atomic E-state index is 11.8. The third-order valence-corrected chi connectivity index (χ3v) is 5.86. The monoisotopic (exact) mass is 361 g/mol. The van der Waals surface area contributed by atoms with Gasteiger partial charge in [0.25, 0.3) is 0 Å². The molecule has 3 rings (SSSR count). The van der Waals surface area contributed by atoms with Crippen LogP contribution in [0.2, 0.25) is 0 Å². The number of hydrogen-bond acceptors (Lipinski definition) is 5. The van der Waals surface area contributed by atoms with E-state index in [9.17, 15) is 5.11 Å². The molecule has 144 valence electrons. The number of likely N-dealkylation sites (N-methyl/N-ethyl adjacent to an activating group) is 1. The smallest absolute Gasteiger partial charge is 0.161 e. The van der Waals surface area contributed by atoms with Crippen LogP contribution in [0.1, 0.15) is 43.2 Å². The summed E-state index contributed by atoms with van der Waals surface area (Å²) in [5.41, 5.74) is 0.416. The minimum Gasteiger partial charge on any atom is -0.493 e. The van der Waals surface area contributed by atoms with Gasteiger partial charge in [-0.05, 0) is 43.1 Å². The SMILES string of the molecule is C=CCOC1(C2(O)CCCCC2)CN(C)Cc2cc(OC)c(OC)cc21. The highest BCUT2D eigenvalue weighted by atomic mass is 16.5. The number of methoxy groups -OCH3 is 2. The van der Waals surface area contributed by atoms with E-state index in [1.807, 2.05) is 12.1 Å². The number of ether oxygens (including phenoxy) is 3. The predicted octanol–water partition coefficient (Wildman–Crippen LogP) is 3.24. The molecule has 1 unspecified atom stereocenters. The molecule has 5 heteroatoms. The first-order valence-corrected chi connectivity index (χ1v) is 9.41. The lowest BCUT2D eigenvalue weighted by Crippen LogP contribution is -2.61. The molecular formula is C21H31NO4. The second kappa shape index (κ2) is 7.59. The maximum Gasteiger partial charge on any atom is 0.161 e. The van der Waals surface area contributed by atoms with Crippen LogP contribution in [0.4, 0.5) is 0 Å². The summed E-state index contributed by atoms with van der Waals surface area (Å²) < 4.78 is 17.5. The summed E-state index contributed by atoms with van der Waals surface area (Å²) in [6.45, 7) is 5.63. The summed E-state index contributed by atoms with van der Waals surface area (Å²) in [5.74, 6) is 1.37. The van der Waals surface area contributed by atoms with E-state index < -0.39 is 11.2 Å². The summed E-state index contributed by atoms with van der Waals surface area (Å²) in [5, 5.41) is 11.8. The van der Waals surface area contributed by atoms with Crippen LogP contribution in [0.15, 0.2) is 24.8 Å². The van der Waals surface area contributed by atoms with E-state index in [1.54, 1.807) is 20.3 Å². The van der Waals surface area contributed by atoms with Crippen molar-refractivity contribution in [2.75, 3.05) is 34.4 Å². The molecule has 1 aromatic rings. The molecular weight excluding hydrogens is 330 g/mol. The fraction of sp³-hybridized carbons (Fsp3) is 0.619. The average Bonchev–Trinajstić information content (AvgIpc) is 2.65. The van der Waals surface area contributed by atoms with Crippen molar-refractivity contribution in [1.82, 2.24) is 4.90 Å². The Morgan fingerprint density at radius 1 is 1.15 bits per heavy atom. The van der Waals surface area contributed by atoms with E-state index in [4.69, 9.17) is 14.2 Å². The van der Waals surface area contributed by atoms with Gasteiger partial charge in [-0.1, -0.05) is 25.3 Å². The van der Waals surface area contributed by atoms with Crippen LogP contribution >= 0.6 is 0 Å². The molecule has 1 fully saturated rings. The first kappa shape index (κ1) is 19.2. The first-order chi connectivity index (χ1) is 12.5. The molecule has 5 nitrogen and oxygen atoms in total. The quantitative estimate of drug-likeness (QED) is 0.789. The van der Waals surface area contributed by atoms with E-state index in [1.165, 1.54) is 0 Å². The number of rotatable bonds is 6. The van der Waals surface area contributed by atoms with Crippen molar-refractivity contribution in [2.45, 2.75) is 49.9 Å². The molecule has 26 heavy (non-hydrogen) atoms. The molecule has 1 N–H and O–H groups in total. The first-order valence-electron chi connectivity index (χ1n) is 9.41. The highest BCUT2D eigenvalue weighted by Crippen LogP contribution is 2.51. The highest BCUT2D eigenvalue weighted by molar-refractivity contribution is 5.51. The zero-order chi connectivity index (χ0) is 18.8. The molecule has 1 atom stereocenters. The largest absolute Gasteiger partial charge is 0.493 e. The zero-order valence-electron chi connectivity index (χ0n) is 16.2. The normalized spacial score (nSPS) is 25.4. The molecule has 1 aliphatic carbocycles. The Kier molecular flexibility index (Phi) is 5.61. The summed E-state index contributed by atoms with van der Waals surface area (Å²) in [7, 11) is 5.35. The summed E-state index contributed by atoms with van der Waals surface area (Å²) in [6, 6.07) is 4.01. The summed E-state index contributed by atoms with van der Waals surface area (Å²) in [4.78, 5) is 2.21. The number of aliphatic hydroxyl groups is 1. The second-order valence-corrected chi connectivity index (χ2v) is 7.56. The van der Waals surface area contributed by atoms with Gasteiger partial charge >= 0.3 is 0 Å². The lowest BCUT2D eigenvalue weighted by atomic mass is 9.66. The molecule has 1 heterocycles. The Hall–Kier alpha value is -1.56. The van der Waals surface area contributed by atoms with Gasteiger partial charge in [-0.3, -0.25) is 4.90 Å². The van der Waals surface area contributed by atoms with E-state index in [0.717, 1.165) is 49.8 Å². The second-order valence-electron chi connectivity index (χ2n) is 7.56. The van der Waals surface area contributed by atoms with Gasteiger partial charge in [0.15, 0.2) is 11.5 Å². The van der Waals surface area contributed by atoms with Crippen LogP contribution in [-0.2, 0) is 16.9 Å². The molecule has 0 saturated heterocycles. The Morgan fingerprint density at radius 3 is 2.42 bits per heavy atom. The molecule has 1 aromatic carbocycles. The van der Waals surface area contributed by atoms with Crippen LogP contribution in [0, 0.1) is 0 Å². The van der Waals surface area contributed by atoms with Crippen molar-refractivity contribution >= 4 is 0 Å². The minimum atomic E-state index is -0.905. The molecule has 0 radical (unpaired) electrons. The van der Waals surface area contributed by atoms with Crippen molar-refractivity contribution in [1.29, 1.82) is 0 Å². The topological polar surface area (TPSA) is 51.2 Å². The molecule has 2 aliphatic rings. The zero-order valence-corrected chi connectivity index (χ0v) is 16.2. The standard InChI is InChI=1S/C21H31NO4/c1-5-11-26-21(20(23)9-7-6-8-10-20)15-22(2)14-16-12-18(24-3)19(25-4)13-17(16)21/h5,12-13,23H,1,6-11,14-15H2,2-4H3. The van der Waals surface area contributed by atoms with Gasteiger partial charge in [0, 0.05) is 13.1 Å². The van der Waals surface area contributed by atoms with Gasteiger partial charge in [0.05, 0.1) is 26.4 Å². The average molecular weight is 361 g/mol. The van der Waals surface area contributed by atoms with Crippen molar-refractivity contribution in [3.05, 3.63) is 35.9 Å². The van der Waals surface area contributed by atoms with Crippen molar-refractivity contribution < 1.29 is 19.3 Å². The van der Waals surface area contributed by atoms with Gasteiger partial charge < -0.3 is 19.3 Å². The van der Waals surface area contributed by atoms with Crippen LogP contribution in [0.3, 0.4) is 0 Å². The molecule has 0 spiro atoms. The Labute approximate surface area is 156 Å². The lowest BCUT2D eigenvalue weighted by Gasteiger charge is -2.53. The van der Waals surface area contributed by atoms with E-state index >= 15 is 0 Å². The molecule has 1 aliphatic heterocycles. The van der Waals surface area contributed by atoms with Crippen LogP contribution in [0.5, 0.6) is 11.5 Å². The number of benzene rings is 1. The molecule has 1 saturated carbocycles. The van der Waals surface area contributed by atoms with E-state index in [2.05, 4.69) is 18.5 Å². The Balaban J connectivity index is 2.19. The highest BCUT2D eigenvalue weighted by Gasteiger charge is 2.55.